The van der Waals surface area contributed by atoms with Crippen LogP contribution in [0.2, 0.25) is 0 Å². The molecule has 5 heteroatoms. The van der Waals surface area contributed by atoms with Gasteiger partial charge in [0.2, 0.25) is 5.91 Å². The molecule has 1 heterocycles. The minimum Gasteiger partial charge on any atom is -0.493 e. The lowest BCUT2D eigenvalue weighted by atomic mass is 10.2. The molecule has 0 saturated carbocycles. The van der Waals surface area contributed by atoms with Gasteiger partial charge in [0, 0.05) is 19.0 Å². The van der Waals surface area contributed by atoms with E-state index in [1.54, 1.807) is 32.4 Å². The Hall–Kier alpha value is -2.30. The summed E-state index contributed by atoms with van der Waals surface area (Å²) < 4.78 is 10.3. The first-order valence-corrected chi connectivity index (χ1v) is 6.40. The van der Waals surface area contributed by atoms with Crippen LogP contribution in [0.15, 0.2) is 24.3 Å². The van der Waals surface area contributed by atoms with E-state index >= 15 is 0 Å². The predicted octanol–water partition coefficient (Wildman–Crippen LogP) is 1.87. The second-order valence-corrected chi connectivity index (χ2v) is 4.43. The van der Waals surface area contributed by atoms with Crippen LogP contribution >= 0.6 is 0 Å². The fourth-order valence-corrected chi connectivity index (χ4v) is 2.10. The van der Waals surface area contributed by atoms with Crippen LogP contribution in [0.1, 0.15) is 18.4 Å². The number of nitrogens with zero attached hydrogens (tertiary/aromatic N) is 1. The summed E-state index contributed by atoms with van der Waals surface area (Å²) in [5, 5.41) is 0. The number of hydrogen-bond donors (Lipinski definition) is 0. The van der Waals surface area contributed by atoms with E-state index in [0.29, 0.717) is 24.5 Å². The highest BCUT2D eigenvalue weighted by molar-refractivity contribution is 6.03. The number of amides is 2. The molecule has 0 atom stereocenters. The summed E-state index contributed by atoms with van der Waals surface area (Å²) in [4.78, 5) is 24.6. The molecule has 2 rings (SSSR count). The standard InChI is InChI=1S/C15H17NO4/c1-19-12-7-5-11(10-13(12)20-2)6-8-15(18)16-9-3-4-14(16)17/h5-8,10H,3-4,9H2,1-2H3. The maximum absolute atomic E-state index is 11.9. The third-order valence-electron chi connectivity index (χ3n) is 3.17. The molecule has 1 saturated heterocycles. The zero-order valence-electron chi connectivity index (χ0n) is 11.6. The van der Waals surface area contributed by atoms with Crippen LogP contribution in [-0.2, 0) is 9.59 Å². The van der Waals surface area contributed by atoms with Crippen molar-refractivity contribution in [2.45, 2.75) is 12.8 Å². The molecule has 20 heavy (non-hydrogen) atoms. The average Bonchev–Trinajstić information content (AvgIpc) is 2.90. The second-order valence-electron chi connectivity index (χ2n) is 4.43. The summed E-state index contributed by atoms with van der Waals surface area (Å²) in [7, 11) is 3.12. The second kappa shape index (κ2) is 6.23. The van der Waals surface area contributed by atoms with Crippen molar-refractivity contribution in [2.24, 2.45) is 0 Å². The van der Waals surface area contributed by atoms with E-state index in [1.165, 1.54) is 11.0 Å². The Morgan fingerprint density at radius 3 is 2.60 bits per heavy atom. The van der Waals surface area contributed by atoms with E-state index in [4.69, 9.17) is 9.47 Å². The first-order chi connectivity index (χ1) is 9.65. The Morgan fingerprint density at radius 2 is 2.00 bits per heavy atom. The Bertz CT molecular complexity index is 551. The number of imide groups is 1. The zero-order chi connectivity index (χ0) is 14.5. The molecule has 5 nitrogen and oxygen atoms in total. The first kappa shape index (κ1) is 14.1. The van der Waals surface area contributed by atoms with E-state index in [1.807, 2.05) is 6.07 Å². The SMILES string of the molecule is COc1ccc(C=CC(=O)N2CCCC2=O)cc1OC. The normalized spacial score (nSPS) is 14.9. The summed E-state index contributed by atoms with van der Waals surface area (Å²) in [6.07, 6.45) is 4.27. The molecule has 2 amide bonds. The van der Waals surface area contributed by atoms with Gasteiger partial charge in [-0.05, 0) is 30.2 Å². The molecule has 1 aromatic rings. The van der Waals surface area contributed by atoms with Gasteiger partial charge in [-0.3, -0.25) is 14.5 Å². The molecule has 1 aliphatic heterocycles. The van der Waals surface area contributed by atoms with Crippen molar-refractivity contribution < 1.29 is 19.1 Å². The number of carbonyl (C=O) groups excluding carboxylic acids is 2. The van der Waals surface area contributed by atoms with Crippen LogP contribution in [0.4, 0.5) is 0 Å². The molecule has 0 spiro atoms. The number of rotatable bonds is 4. The summed E-state index contributed by atoms with van der Waals surface area (Å²) in [6, 6.07) is 5.36. The fourth-order valence-electron chi connectivity index (χ4n) is 2.10. The van der Waals surface area contributed by atoms with Crippen LogP contribution in [0, 0.1) is 0 Å². The molecule has 1 aromatic carbocycles. The van der Waals surface area contributed by atoms with Gasteiger partial charge in [0.25, 0.3) is 5.91 Å². The molecule has 0 unspecified atom stereocenters. The maximum atomic E-state index is 11.9. The van der Waals surface area contributed by atoms with Crippen LogP contribution in [-0.4, -0.2) is 37.5 Å². The lowest BCUT2D eigenvalue weighted by Crippen LogP contribution is -2.30. The smallest absolute Gasteiger partial charge is 0.253 e. The van der Waals surface area contributed by atoms with Gasteiger partial charge in [0.05, 0.1) is 14.2 Å². The van der Waals surface area contributed by atoms with E-state index in [2.05, 4.69) is 0 Å². The summed E-state index contributed by atoms with van der Waals surface area (Å²) >= 11 is 0. The number of likely N-dealkylation sites (tertiary alicyclic amines) is 1. The van der Waals surface area contributed by atoms with Crippen LogP contribution in [0.25, 0.3) is 6.08 Å². The van der Waals surface area contributed by atoms with Crippen LogP contribution in [0.3, 0.4) is 0 Å². The molecule has 1 aliphatic rings. The number of hydrogen-bond acceptors (Lipinski definition) is 4. The van der Waals surface area contributed by atoms with Gasteiger partial charge in [-0.1, -0.05) is 6.07 Å². The van der Waals surface area contributed by atoms with E-state index < -0.39 is 0 Å². The quantitative estimate of drug-likeness (QED) is 0.787. The van der Waals surface area contributed by atoms with Crippen molar-refractivity contribution >= 4 is 17.9 Å². The minimum absolute atomic E-state index is 0.105. The largest absolute Gasteiger partial charge is 0.493 e. The Balaban J connectivity index is 2.11. The van der Waals surface area contributed by atoms with Crippen molar-refractivity contribution in [2.75, 3.05) is 20.8 Å². The van der Waals surface area contributed by atoms with Crippen molar-refractivity contribution in [1.82, 2.24) is 4.90 Å². The molecule has 0 N–H and O–H groups in total. The summed E-state index contributed by atoms with van der Waals surface area (Å²) in [5.74, 6) is 0.847. The van der Waals surface area contributed by atoms with E-state index in [0.717, 1.165) is 12.0 Å². The highest BCUT2D eigenvalue weighted by atomic mass is 16.5. The molecular formula is C15H17NO4. The minimum atomic E-state index is -0.276. The van der Waals surface area contributed by atoms with Gasteiger partial charge < -0.3 is 9.47 Å². The third-order valence-corrected chi connectivity index (χ3v) is 3.17. The first-order valence-electron chi connectivity index (χ1n) is 6.40. The molecule has 0 radical (unpaired) electrons. The summed E-state index contributed by atoms with van der Waals surface area (Å²) in [6.45, 7) is 0.508. The Labute approximate surface area is 117 Å². The number of carbonyl (C=O) groups is 2. The van der Waals surface area contributed by atoms with Gasteiger partial charge in [0.1, 0.15) is 0 Å². The molecular weight excluding hydrogens is 258 g/mol. The molecule has 0 aliphatic carbocycles. The van der Waals surface area contributed by atoms with Gasteiger partial charge in [0.15, 0.2) is 11.5 Å². The highest BCUT2D eigenvalue weighted by Gasteiger charge is 2.24. The van der Waals surface area contributed by atoms with Crippen LogP contribution < -0.4 is 9.47 Å². The topological polar surface area (TPSA) is 55.8 Å². The monoisotopic (exact) mass is 275 g/mol. The molecule has 0 aromatic heterocycles. The lowest BCUT2D eigenvalue weighted by molar-refractivity contribution is -0.138. The van der Waals surface area contributed by atoms with Crippen molar-refractivity contribution in [3.63, 3.8) is 0 Å². The number of methoxy groups -OCH3 is 2. The zero-order valence-corrected chi connectivity index (χ0v) is 11.6. The fraction of sp³-hybridized carbons (Fsp3) is 0.333. The van der Waals surface area contributed by atoms with Gasteiger partial charge >= 0.3 is 0 Å². The highest BCUT2D eigenvalue weighted by Crippen LogP contribution is 2.28. The van der Waals surface area contributed by atoms with Crippen molar-refractivity contribution in [3.05, 3.63) is 29.8 Å². The predicted molar refractivity (Wildman–Crippen MR) is 74.5 cm³/mol. The Morgan fingerprint density at radius 1 is 1.25 bits per heavy atom. The summed E-state index contributed by atoms with van der Waals surface area (Å²) in [5.41, 5.74) is 0.808. The van der Waals surface area contributed by atoms with Gasteiger partial charge in [-0.25, -0.2) is 0 Å². The van der Waals surface area contributed by atoms with Gasteiger partial charge in [-0.2, -0.15) is 0 Å². The number of ether oxygens (including phenoxy) is 2. The van der Waals surface area contributed by atoms with Crippen LogP contribution in [0.5, 0.6) is 11.5 Å². The van der Waals surface area contributed by atoms with E-state index in [9.17, 15) is 9.59 Å². The molecule has 1 fully saturated rings. The van der Waals surface area contributed by atoms with E-state index in [-0.39, 0.29) is 11.8 Å². The number of benzene rings is 1. The molecule has 0 bridgehead atoms. The third kappa shape index (κ3) is 2.99. The lowest BCUT2D eigenvalue weighted by Gasteiger charge is -2.10. The maximum Gasteiger partial charge on any atom is 0.253 e. The Kier molecular flexibility index (Phi) is 4.40. The van der Waals surface area contributed by atoms with Crippen molar-refractivity contribution in [1.29, 1.82) is 0 Å². The van der Waals surface area contributed by atoms with Gasteiger partial charge in [-0.15, -0.1) is 0 Å². The average molecular weight is 275 g/mol. The van der Waals surface area contributed by atoms with Crippen molar-refractivity contribution in [3.8, 4) is 11.5 Å². The molecule has 106 valence electrons.